The highest BCUT2D eigenvalue weighted by atomic mass is 35.5. The molecule has 1 N–H and O–H groups in total. The van der Waals surface area contributed by atoms with E-state index in [0.29, 0.717) is 21.2 Å². The number of hydrogen-bond donors (Lipinski definition) is 1. The van der Waals surface area contributed by atoms with Crippen LogP contribution in [0.25, 0.3) is 0 Å². The first-order chi connectivity index (χ1) is 13.1. The lowest BCUT2D eigenvalue weighted by Crippen LogP contribution is -2.63. The van der Waals surface area contributed by atoms with Crippen LogP contribution in [0.15, 0.2) is 48.5 Å². The Labute approximate surface area is 171 Å². The summed E-state index contributed by atoms with van der Waals surface area (Å²) in [5.41, 5.74) is 0.0761. The molecule has 28 heavy (non-hydrogen) atoms. The second kappa shape index (κ2) is 7.66. The van der Waals surface area contributed by atoms with Crippen LogP contribution >= 0.6 is 23.2 Å². The zero-order valence-corrected chi connectivity index (χ0v) is 16.7. The quantitative estimate of drug-likeness (QED) is 0.567. The summed E-state index contributed by atoms with van der Waals surface area (Å²) >= 11 is 11.9. The van der Waals surface area contributed by atoms with Gasteiger partial charge < -0.3 is 0 Å². The Morgan fingerprint density at radius 2 is 1.11 bits per heavy atom. The molecule has 7 nitrogen and oxygen atoms in total. The van der Waals surface area contributed by atoms with Crippen molar-refractivity contribution in [3.8, 4) is 0 Å². The number of hydrogen-bond acceptors (Lipinski definition) is 5. The van der Waals surface area contributed by atoms with Crippen molar-refractivity contribution < 1.29 is 9.85 Å². The number of rotatable bonds is 4. The molecule has 0 bridgehead atoms. The van der Waals surface area contributed by atoms with E-state index >= 15 is 0 Å². The molecule has 0 spiro atoms. The number of halogens is 2. The van der Waals surface area contributed by atoms with E-state index in [1.165, 1.54) is 0 Å². The molecule has 2 aromatic carbocycles. The molecule has 1 heterocycles. The number of nitro groups is 2. The monoisotopic (exact) mass is 423 g/mol. The van der Waals surface area contributed by atoms with E-state index in [2.05, 4.69) is 5.32 Å². The fourth-order valence-electron chi connectivity index (χ4n) is 4.09. The van der Waals surface area contributed by atoms with Gasteiger partial charge in [0.1, 0.15) is 17.5 Å². The Morgan fingerprint density at radius 1 is 0.786 bits per heavy atom. The van der Waals surface area contributed by atoms with Gasteiger partial charge in [0.05, 0.1) is 0 Å². The highest BCUT2D eigenvalue weighted by Crippen LogP contribution is 2.47. The standard InChI is InChI=1S/C19H19Cl2N3O4/c1-19(2)17(23(25)26)15(11-3-7-13(20)8-4-11)22-16(18(19)24(27)28)12-5-9-14(21)10-6-12/h3-10,15-18,22H,1-2H3/t15-,16-,17+,18+/m1/s1. The smallest absolute Gasteiger partial charge is 0.243 e. The average Bonchev–Trinajstić information content (AvgIpc) is 2.60. The largest absolute Gasteiger partial charge is 0.291 e. The summed E-state index contributed by atoms with van der Waals surface area (Å²) in [5.74, 6) is 0. The molecule has 0 unspecified atom stereocenters. The first-order valence-corrected chi connectivity index (χ1v) is 9.42. The van der Waals surface area contributed by atoms with Crippen LogP contribution in [0.3, 0.4) is 0 Å². The van der Waals surface area contributed by atoms with Crippen molar-refractivity contribution >= 4 is 23.2 Å². The Balaban J connectivity index is 2.14. The van der Waals surface area contributed by atoms with Crippen LogP contribution in [0.2, 0.25) is 10.0 Å². The van der Waals surface area contributed by atoms with Crippen molar-refractivity contribution in [2.45, 2.75) is 38.0 Å². The summed E-state index contributed by atoms with van der Waals surface area (Å²) in [7, 11) is 0. The Morgan fingerprint density at radius 3 is 1.39 bits per heavy atom. The molecule has 4 atom stereocenters. The van der Waals surface area contributed by atoms with E-state index in [9.17, 15) is 20.2 Å². The van der Waals surface area contributed by atoms with Crippen LogP contribution in [0.4, 0.5) is 0 Å². The predicted molar refractivity (Wildman–Crippen MR) is 107 cm³/mol. The van der Waals surface area contributed by atoms with Crippen LogP contribution in [-0.2, 0) is 0 Å². The first kappa shape index (κ1) is 20.5. The summed E-state index contributed by atoms with van der Waals surface area (Å²) in [6, 6.07) is 9.59. The van der Waals surface area contributed by atoms with E-state index < -0.39 is 39.4 Å². The molecule has 2 aromatic rings. The van der Waals surface area contributed by atoms with Crippen LogP contribution in [0.5, 0.6) is 0 Å². The normalized spacial score (nSPS) is 26.6. The molecule has 0 saturated carbocycles. The number of benzene rings is 2. The number of nitrogens with one attached hydrogen (secondary N) is 1. The van der Waals surface area contributed by atoms with Crippen molar-refractivity contribution in [2.75, 3.05) is 0 Å². The Hall–Kier alpha value is -2.22. The molecule has 1 saturated heterocycles. The molecule has 0 radical (unpaired) electrons. The van der Waals surface area contributed by atoms with E-state index in [1.807, 2.05) is 0 Å². The molecule has 148 valence electrons. The lowest BCUT2D eigenvalue weighted by atomic mass is 9.66. The second-order valence-corrected chi connectivity index (χ2v) is 8.38. The van der Waals surface area contributed by atoms with Gasteiger partial charge in [0.2, 0.25) is 12.1 Å². The van der Waals surface area contributed by atoms with Gasteiger partial charge in [-0.3, -0.25) is 25.5 Å². The van der Waals surface area contributed by atoms with Gasteiger partial charge in [-0.15, -0.1) is 0 Å². The fourth-order valence-corrected chi connectivity index (χ4v) is 4.35. The third kappa shape index (κ3) is 3.70. The second-order valence-electron chi connectivity index (χ2n) is 7.51. The fraction of sp³-hybridized carbons (Fsp3) is 0.368. The lowest BCUT2D eigenvalue weighted by molar-refractivity contribution is -0.605. The first-order valence-electron chi connectivity index (χ1n) is 8.67. The summed E-state index contributed by atoms with van der Waals surface area (Å²) in [6.45, 7) is 3.17. The average molecular weight is 424 g/mol. The lowest BCUT2D eigenvalue weighted by Gasteiger charge is -2.44. The Kier molecular flexibility index (Phi) is 5.61. The molecule has 0 amide bonds. The maximum Gasteiger partial charge on any atom is 0.243 e. The van der Waals surface area contributed by atoms with Gasteiger partial charge in [0, 0.05) is 19.9 Å². The number of nitrogens with zero attached hydrogens (tertiary/aromatic N) is 2. The predicted octanol–water partition coefficient (Wildman–Crippen LogP) is 4.70. The van der Waals surface area contributed by atoms with Crippen molar-refractivity contribution in [3.63, 3.8) is 0 Å². The molecule has 0 aromatic heterocycles. The zero-order chi connectivity index (χ0) is 20.6. The maximum absolute atomic E-state index is 12.0. The third-order valence-corrected chi connectivity index (χ3v) is 5.93. The van der Waals surface area contributed by atoms with Crippen molar-refractivity contribution in [1.82, 2.24) is 5.32 Å². The third-order valence-electron chi connectivity index (χ3n) is 5.43. The van der Waals surface area contributed by atoms with Gasteiger partial charge in [-0.05, 0) is 49.2 Å². The van der Waals surface area contributed by atoms with Gasteiger partial charge in [0.15, 0.2) is 0 Å². The zero-order valence-electron chi connectivity index (χ0n) is 15.2. The van der Waals surface area contributed by atoms with Gasteiger partial charge >= 0.3 is 0 Å². The molecular formula is C19H19Cl2N3O4. The van der Waals surface area contributed by atoms with Gasteiger partial charge in [-0.1, -0.05) is 47.5 Å². The molecule has 1 fully saturated rings. The molecule has 0 aliphatic carbocycles. The van der Waals surface area contributed by atoms with E-state index in [0.717, 1.165) is 0 Å². The van der Waals surface area contributed by atoms with Gasteiger partial charge in [-0.25, -0.2) is 0 Å². The number of piperidine rings is 1. The minimum Gasteiger partial charge on any atom is -0.291 e. The highest BCUT2D eigenvalue weighted by Gasteiger charge is 2.62. The van der Waals surface area contributed by atoms with Gasteiger partial charge in [0.25, 0.3) is 0 Å². The van der Waals surface area contributed by atoms with Crippen LogP contribution in [0.1, 0.15) is 37.1 Å². The van der Waals surface area contributed by atoms with Crippen LogP contribution < -0.4 is 5.32 Å². The summed E-state index contributed by atoms with van der Waals surface area (Å²) in [4.78, 5) is 23.1. The Bertz CT molecular complexity index is 816. The summed E-state index contributed by atoms with van der Waals surface area (Å²) < 4.78 is 0. The van der Waals surface area contributed by atoms with Crippen LogP contribution in [-0.4, -0.2) is 21.9 Å². The topological polar surface area (TPSA) is 98.3 Å². The minimum atomic E-state index is -1.23. The van der Waals surface area contributed by atoms with E-state index in [1.54, 1.807) is 62.4 Å². The summed E-state index contributed by atoms with van der Waals surface area (Å²) in [5, 5.41) is 28.1. The molecule has 9 heteroatoms. The van der Waals surface area contributed by atoms with Crippen molar-refractivity contribution in [2.24, 2.45) is 5.41 Å². The minimum absolute atomic E-state index is 0.430. The molecule has 3 rings (SSSR count). The van der Waals surface area contributed by atoms with E-state index in [4.69, 9.17) is 23.2 Å². The molecular weight excluding hydrogens is 405 g/mol. The molecule has 1 aliphatic heterocycles. The van der Waals surface area contributed by atoms with Crippen molar-refractivity contribution in [3.05, 3.63) is 89.9 Å². The SMILES string of the molecule is CC1(C)[C@@H]([N+](=O)[O-])[C@@H](c2ccc(Cl)cc2)N[C@H](c2ccc(Cl)cc2)[C@@H]1[N+](=O)[O-]. The van der Waals surface area contributed by atoms with Gasteiger partial charge in [-0.2, -0.15) is 0 Å². The summed E-state index contributed by atoms with van der Waals surface area (Å²) in [6.07, 6.45) is 0. The van der Waals surface area contributed by atoms with Crippen molar-refractivity contribution in [1.29, 1.82) is 0 Å². The maximum atomic E-state index is 12.0. The van der Waals surface area contributed by atoms with Crippen LogP contribution in [0, 0.1) is 25.6 Å². The van der Waals surface area contributed by atoms with E-state index in [-0.39, 0.29) is 0 Å². The highest BCUT2D eigenvalue weighted by molar-refractivity contribution is 6.30. The molecule has 1 aliphatic rings.